The van der Waals surface area contributed by atoms with Gasteiger partial charge >= 0.3 is 0 Å². The Morgan fingerprint density at radius 2 is 1.12 bits per heavy atom. The quantitative estimate of drug-likeness (QED) is 0.322. The molecule has 5 rings (SSSR count). The van der Waals surface area contributed by atoms with Crippen LogP contribution in [0.3, 0.4) is 0 Å². The van der Waals surface area contributed by atoms with Gasteiger partial charge in [-0.15, -0.1) is 0 Å². The SMILES string of the molecule is CC(C)(C)c1ccc(N(c2ccccc2)c2ccc3c(c2)-c2ccccc2C3(C)C)cc1. The van der Waals surface area contributed by atoms with Crippen molar-refractivity contribution in [2.75, 3.05) is 4.90 Å². The van der Waals surface area contributed by atoms with Crippen LogP contribution in [0.4, 0.5) is 17.1 Å². The van der Waals surface area contributed by atoms with E-state index in [1.807, 2.05) is 0 Å². The maximum absolute atomic E-state index is 2.37. The lowest BCUT2D eigenvalue weighted by molar-refractivity contribution is 0.590. The van der Waals surface area contributed by atoms with E-state index in [4.69, 9.17) is 0 Å². The average molecular weight is 418 g/mol. The molecule has 0 heterocycles. The monoisotopic (exact) mass is 417 g/mol. The standard InChI is InChI=1S/C31H31N/c1-30(2,3)22-15-17-24(18-16-22)32(23-11-7-6-8-12-23)25-19-20-29-27(21-25)26-13-9-10-14-28(26)31(29,4)5/h6-21H,1-5H3. The summed E-state index contributed by atoms with van der Waals surface area (Å²) in [5, 5.41) is 0. The van der Waals surface area contributed by atoms with Gasteiger partial charge in [0, 0.05) is 22.5 Å². The summed E-state index contributed by atoms with van der Waals surface area (Å²) in [6, 6.07) is 35.5. The zero-order valence-electron chi connectivity index (χ0n) is 19.7. The zero-order valence-corrected chi connectivity index (χ0v) is 19.7. The molecule has 1 aliphatic carbocycles. The summed E-state index contributed by atoms with van der Waals surface area (Å²) < 4.78 is 0. The fraction of sp³-hybridized carbons (Fsp3) is 0.226. The molecular weight excluding hydrogens is 386 g/mol. The Hall–Kier alpha value is -3.32. The van der Waals surface area contributed by atoms with Crippen molar-refractivity contribution < 1.29 is 0 Å². The van der Waals surface area contributed by atoms with Crippen LogP contribution in [0.15, 0.2) is 97.1 Å². The molecule has 0 atom stereocenters. The van der Waals surface area contributed by atoms with Crippen molar-refractivity contribution in [1.82, 2.24) is 0 Å². The Morgan fingerprint density at radius 3 is 1.81 bits per heavy atom. The normalized spacial score (nSPS) is 14.0. The lowest BCUT2D eigenvalue weighted by Crippen LogP contribution is -2.15. The molecular formula is C31H31N. The van der Waals surface area contributed by atoms with Gasteiger partial charge < -0.3 is 4.90 Å². The molecule has 0 spiro atoms. The highest BCUT2D eigenvalue weighted by Crippen LogP contribution is 2.50. The Morgan fingerprint density at radius 1 is 0.562 bits per heavy atom. The van der Waals surface area contributed by atoms with Gasteiger partial charge in [-0.05, 0) is 69.6 Å². The first-order chi connectivity index (χ1) is 15.3. The largest absolute Gasteiger partial charge is 0.310 e. The Kier molecular flexibility index (Phi) is 4.74. The van der Waals surface area contributed by atoms with E-state index in [1.54, 1.807) is 0 Å². The van der Waals surface area contributed by atoms with Crippen molar-refractivity contribution in [3.05, 3.63) is 114 Å². The molecule has 4 aromatic carbocycles. The van der Waals surface area contributed by atoms with Gasteiger partial charge in [0.1, 0.15) is 0 Å². The molecule has 0 radical (unpaired) electrons. The summed E-state index contributed by atoms with van der Waals surface area (Å²) in [6.07, 6.45) is 0. The van der Waals surface area contributed by atoms with E-state index in [1.165, 1.54) is 44.9 Å². The molecule has 0 saturated heterocycles. The summed E-state index contributed by atoms with van der Waals surface area (Å²) in [7, 11) is 0. The molecule has 1 aliphatic rings. The molecule has 0 N–H and O–H groups in total. The van der Waals surface area contributed by atoms with Crippen LogP contribution in [0.2, 0.25) is 0 Å². The van der Waals surface area contributed by atoms with Crippen LogP contribution in [0.5, 0.6) is 0 Å². The molecule has 0 fully saturated rings. The van der Waals surface area contributed by atoms with Crippen LogP contribution in [0, 0.1) is 0 Å². The van der Waals surface area contributed by atoms with Gasteiger partial charge in [-0.25, -0.2) is 0 Å². The smallest absolute Gasteiger partial charge is 0.0468 e. The number of hydrogen-bond donors (Lipinski definition) is 0. The van der Waals surface area contributed by atoms with Gasteiger partial charge in [-0.3, -0.25) is 0 Å². The summed E-state index contributed by atoms with van der Waals surface area (Å²) in [6.45, 7) is 11.4. The summed E-state index contributed by atoms with van der Waals surface area (Å²) >= 11 is 0. The third-order valence-corrected chi connectivity index (χ3v) is 6.83. The van der Waals surface area contributed by atoms with Gasteiger partial charge in [-0.1, -0.05) is 95.3 Å². The van der Waals surface area contributed by atoms with Gasteiger partial charge in [0.25, 0.3) is 0 Å². The van der Waals surface area contributed by atoms with Crippen molar-refractivity contribution in [2.24, 2.45) is 0 Å². The molecule has 1 nitrogen and oxygen atoms in total. The third kappa shape index (κ3) is 3.33. The second-order valence-electron chi connectivity index (χ2n) is 10.4. The minimum Gasteiger partial charge on any atom is -0.310 e. The lowest BCUT2D eigenvalue weighted by atomic mass is 9.82. The molecule has 0 saturated carbocycles. The highest BCUT2D eigenvalue weighted by Gasteiger charge is 2.35. The topological polar surface area (TPSA) is 3.24 Å². The van der Waals surface area contributed by atoms with E-state index in [2.05, 4.69) is 137 Å². The van der Waals surface area contributed by atoms with Gasteiger partial charge in [-0.2, -0.15) is 0 Å². The summed E-state index contributed by atoms with van der Waals surface area (Å²) in [5.41, 5.74) is 10.5. The van der Waals surface area contributed by atoms with E-state index < -0.39 is 0 Å². The van der Waals surface area contributed by atoms with Crippen LogP contribution < -0.4 is 4.90 Å². The number of fused-ring (bicyclic) bond motifs is 3. The van der Waals surface area contributed by atoms with Crippen molar-refractivity contribution in [1.29, 1.82) is 0 Å². The van der Waals surface area contributed by atoms with E-state index >= 15 is 0 Å². The molecule has 1 heteroatoms. The van der Waals surface area contributed by atoms with Crippen LogP contribution >= 0.6 is 0 Å². The second kappa shape index (κ2) is 7.38. The van der Waals surface area contributed by atoms with Crippen LogP contribution in [0.1, 0.15) is 51.3 Å². The molecule has 0 aromatic heterocycles. The predicted octanol–water partition coefficient (Wildman–Crippen LogP) is 8.76. The molecule has 160 valence electrons. The highest BCUT2D eigenvalue weighted by atomic mass is 15.1. The van der Waals surface area contributed by atoms with Crippen molar-refractivity contribution >= 4 is 17.1 Å². The summed E-state index contributed by atoms with van der Waals surface area (Å²) in [5.74, 6) is 0. The number of para-hydroxylation sites is 1. The maximum atomic E-state index is 2.37. The first-order valence-electron chi connectivity index (χ1n) is 11.5. The van der Waals surface area contributed by atoms with Crippen LogP contribution in [-0.2, 0) is 10.8 Å². The predicted molar refractivity (Wildman–Crippen MR) is 137 cm³/mol. The van der Waals surface area contributed by atoms with E-state index in [-0.39, 0.29) is 10.8 Å². The van der Waals surface area contributed by atoms with Crippen LogP contribution in [0.25, 0.3) is 11.1 Å². The van der Waals surface area contributed by atoms with Gasteiger partial charge in [0.2, 0.25) is 0 Å². The maximum Gasteiger partial charge on any atom is 0.0468 e. The molecule has 0 aliphatic heterocycles. The second-order valence-corrected chi connectivity index (χ2v) is 10.4. The van der Waals surface area contributed by atoms with E-state index in [9.17, 15) is 0 Å². The number of hydrogen-bond acceptors (Lipinski definition) is 1. The molecule has 32 heavy (non-hydrogen) atoms. The molecule has 0 unspecified atom stereocenters. The Labute approximate surface area is 192 Å². The summed E-state index contributed by atoms with van der Waals surface area (Å²) in [4.78, 5) is 2.36. The van der Waals surface area contributed by atoms with E-state index in [0.29, 0.717) is 0 Å². The van der Waals surface area contributed by atoms with Crippen molar-refractivity contribution in [3.63, 3.8) is 0 Å². The number of rotatable bonds is 3. The fourth-order valence-electron chi connectivity index (χ4n) is 4.98. The van der Waals surface area contributed by atoms with Gasteiger partial charge in [0.15, 0.2) is 0 Å². The van der Waals surface area contributed by atoms with Gasteiger partial charge in [0.05, 0.1) is 0 Å². The number of anilines is 3. The van der Waals surface area contributed by atoms with Crippen molar-refractivity contribution in [2.45, 2.75) is 45.4 Å². The first kappa shape index (κ1) is 20.6. The van der Waals surface area contributed by atoms with Crippen LogP contribution in [-0.4, -0.2) is 0 Å². The molecule has 0 bridgehead atoms. The van der Waals surface area contributed by atoms with Crippen molar-refractivity contribution in [3.8, 4) is 11.1 Å². The lowest BCUT2D eigenvalue weighted by Gasteiger charge is -2.28. The fourth-order valence-corrected chi connectivity index (χ4v) is 4.98. The average Bonchev–Trinajstić information content (AvgIpc) is 3.02. The Balaban J connectivity index is 1.67. The zero-order chi connectivity index (χ0) is 22.5. The third-order valence-electron chi connectivity index (χ3n) is 6.83. The highest BCUT2D eigenvalue weighted by molar-refractivity contribution is 5.86. The number of nitrogens with zero attached hydrogens (tertiary/aromatic N) is 1. The minimum absolute atomic E-state index is 0.0242. The Bertz CT molecular complexity index is 1260. The van der Waals surface area contributed by atoms with E-state index in [0.717, 1.165) is 0 Å². The number of benzene rings is 4. The first-order valence-corrected chi connectivity index (χ1v) is 11.5. The molecule has 0 amide bonds. The minimum atomic E-state index is 0.0242. The molecule has 4 aromatic rings.